The van der Waals surface area contributed by atoms with Gasteiger partial charge < -0.3 is 10.6 Å². The first-order valence-corrected chi connectivity index (χ1v) is 12.5. The Balaban J connectivity index is 1.55. The van der Waals surface area contributed by atoms with Crippen LogP contribution in [0.2, 0.25) is 0 Å². The second kappa shape index (κ2) is 9.42. The largest absolute Gasteiger partial charge is 0.357 e. The van der Waals surface area contributed by atoms with E-state index < -0.39 is 10.0 Å². The minimum atomic E-state index is -3.08. The second-order valence-electron chi connectivity index (χ2n) is 8.43. The molecule has 2 N–H and O–H groups in total. The van der Waals surface area contributed by atoms with E-state index in [9.17, 15) is 8.42 Å². The second-order valence-corrected chi connectivity index (χ2v) is 10.4. The van der Waals surface area contributed by atoms with E-state index in [0.29, 0.717) is 31.5 Å². The SMILES string of the molecule is CCNC(=NCC1CCN(S(C)(=O)=O)CC1)NC1CCc2nc(C(C)C)nn2C1. The van der Waals surface area contributed by atoms with Crippen LogP contribution in [0.15, 0.2) is 4.99 Å². The molecule has 0 spiro atoms. The summed E-state index contributed by atoms with van der Waals surface area (Å²) >= 11 is 0. The van der Waals surface area contributed by atoms with Gasteiger partial charge in [0.25, 0.3) is 0 Å². The molecule has 10 heteroatoms. The Morgan fingerprint density at radius 1 is 1.28 bits per heavy atom. The topological polar surface area (TPSA) is 105 Å². The van der Waals surface area contributed by atoms with Crippen LogP contribution >= 0.6 is 0 Å². The molecule has 0 bridgehead atoms. The van der Waals surface area contributed by atoms with Crippen molar-refractivity contribution in [2.24, 2.45) is 10.9 Å². The number of aromatic nitrogens is 3. The molecule has 29 heavy (non-hydrogen) atoms. The summed E-state index contributed by atoms with van der Waals surface area (Å²) in [6, 6.07) is 0.272. The number of hydrogen-bond donors (Lipinski definition) is 2. The van der Waals surface area contributed by atoms with Gasteiger partial charge in [-0.05, 0) is 32.1 Å². The van der Waals surface area contributed by atoms with E-state index in [1.54, 1.807) is 4.31 Å². The third-order valence-corrected chi connectivity index (χ3v) is 6.93. The highest BCUT2D eigenvalue weighted by Gasteiger charge is 2.26. The van der Waals surface area contributed by atoms with E-state index >= 15 is 0 Å². The summed E-state index contributed by atoms with van der Waals surface area (Å²) in [4.78, 5) is 9.44. The zero-order valence-electron chi connectivity index (χ0n) is 18.1. The van der Waals surface area contributed by atoms with Crippen LogP contribution in [-0.4, -0.2) is 71.9 Å². The van der Waals surface area contributed by atoms with Crippen molar-refractivity contribution in [3.63, 3.8) is 0 Å². The van der Waals surface area contributed by atoms with Crippen molar-refractivity contribution in [2.75, 3.05) is 32.4 Å². The van der Waals surface area contributed by atoms with Crippen molar-refractivity contribution in [1.82, 2.24) is 29.7 Å². The van der Waals surface area contributed by atoms with Crippen LogP contribution in [0, 0.1) is 5.92 Å². The van der Waals surface area contributed by atoms with E-state index in [4.69, 9.17) is 4.99 Å². The Kier molecular flexibility index (Phi) is 7.15. The van der Waals surface area contributed by atoms with Gasteiger partial charge in [0, 0.05) is 44.6 Å². The zero-order chi connectivity index (χ0) is 21.0. The number of nitrogens with one attached hydrogen (secondary N) is 2. The molecule has 3 rings (SSSR count). The predicted molar refractivity (Wildman–Crippen MR) is 114 cm³/mol. The lowest BCUT2D eigenvalue weighted by atomic mass is 9.98. The predicted octanol–water partition coefficient (Wildman–Crippen LogP) is 0.943. The van der Waals surface area contributed by atoms with E-state index in [-0.39, 0.29) is 6.04 Å². The first-order chi connectivity index (χ1) is 13.8. The summed E-state index contributed by atoms with van der Waals surface area (Å²) in [6.45, 7) is 9.81. The first-order valence-electron chi connectivity index (χ1n) is 10.7. The van der Waals surface area contributed by atoms with Crippen molar-refractivity contribution < 1.29 is 8.42 Å². The van der Waals surface area contributed by atoms with Crippen LogP contribution in [0.25, 0.3) is 0 Å². The minimum Gasteiger partial charge on any atom is -0.357 e. The third-order valence-electron chi connectivity index (χ3n) is 5.63. The van der Waals surface area contributed by atoms with Gasteiger partial charge in [0.1, 0.15) is 5.82 Å². The number of piperidine rings is 1. The fraction of sp³-hybridized carbons (Fsp3) is 0.842. The monoisotopic (exact) mass is 425 g/mol. The zero-order valence-corrected chi connectivity index (χ0v) is 18.9. The van der Waals surface area contributed by atoms with Crippen LogP contribution in [0.3, 0.4) is 0 Å². The molecule has 0 amide bonds. The highest BCUT2D eigenvalue weighted by atomic mass is 32.2. The average Bonchev–Trinajstić information content (AvgIpc) is 3.10. The fourth-order valence-corrected chi connectivity index (χ4v) is 4.72. The van der Waals surface area contributed by atoms with Crippen molar-refractivity contribution >= 4 is 16.0 Å². The van der Waals surface area contributed by atoms with Crippen LogP contribution in [-0.2, 0) is 23.0 Å². The normalized spacial score (nSPS) is 22.0. The van der Waals surface area contributed by atoms with Gasteiger partial charge in [0.15, 0.2) is 11.8 Å². The number of aryl methyl sites for hydroxylation is 1. The van der Waals surface area contributed by atoms with Gasteiger partial charge in [0.2, 0.25) is 10.0 Å². The van der Waals surface area contributed by atoms with E-state index in [1.165, 1.54) is 6.26 Å². The molecular weight excluding hydrogens is 390 g/mol. The first kappa shape index (κ1) is 22.0. The number of guanidine groups is 1. The maximum atomic E-state index is 11.7. The van der Waals surface area contributed by atoms with Crippen molar-refractivity contribution in [2.45, 2.75) is 65.0 Å². The van der Waals surface area contributed by atoms with Crippen LogP contribution < -0.4 is 10.6 Å². The third kappa shape index (κ3) is 5.91. The van der Waals surface area contributed by atoms with E-state index in [2.05, 4.69) is 41.5 Å². The van der Waals surface area contributed by atoms with E-state index in [1.807, 2.05) is 4.68 Å². The van der Waals surface area contributed by atoms with E-state index in [0.717, 1.165) is 56.4 Å². The van der Waals surface area contributed by atoms with Gasteiger partial charge >= 0.3 is 0 Å². The van der Waals surface area contributed by atoms with Crippen LogP contribution in [0.5, 0.6) is 0 Å². The Bertz CT molecular complexity index is 811. The smallest absolute Gasteiger partial charge is 0.211 e. The quantitative estimate of drug-likeness (QED) is 0.519. The molecule has 0 saturated carbocycles. The standard InChI is InChI=1S/C19H35N7O2S/c1-5-20-19(21-12-15-8-10-25(11-9-15)29(4,27)28)22-16-6-7-17-23-18(14(2)3)24-26(17)13-16/h14-16H,5-13H2,1-4H3,(H2,20,21,22). The van der Waals surface area contributed by atoms with Gasteiger partial charge in [0.05, 0.1) is 12.8 Å². The van der Waals surface area contributed by atoms with Crippen LogP contribution in [0.4, 0.5) is 0 Å². The van der Waals surface area contributed by atoms with Crippen molar-refractivity contribution in [3.8, 4) is 0 Å². The summed E-state index contributed by atoms with van der Waals surface area (Å²) in [5.41, 5.74) is 0. The fourth-order valence-electron chi connectivity index (χ4n) is 3.85. The molecule has 1 saturated heterocycles. The van der Waals surface area contributed by atoms with Gasteiger partial charge in [-0.15, -0.1) is 0 Å². The molecule has 1 aromatic rings. The maximum absolute atomic E-state index is 11.7. The van der Waals surface area contributed by atoms with Gasteiger partial charge in [-0.3, -0.25) is 4.99 Å². The lowest BCUT2D eigenvalue weighted by molar-refractivity contribution is 0.280. The highest BCUT2D eigenvalue weighted by Crippen LogP contribution is 2.20. The average molecular weight is 426 g/mol. The number of fused-ring (bicyclic) bond motifs is 1. The Hall–Kier alpha value is -1.68. The van der Waals surface area contributed by atoms with Crippen molar-refractivity contribution in [3.05, 3.63) is 11.6 Å². The molecule has 1 atom stereocenters. The number of nitrogens with zero attached hydrogens (tertiary/aromatic N) is 5. The molecule has 1 aromatic heterocycles. The highest BCUT2D eigenvalue weighted by molar-refractivity contribution is 7.88. The lowest BCUT2D eigenvalue weighted by Crippen LogP contribution is -2.47. The summed E-state index contributed by atoms with van der Waals surface area (Å²) in [5, 5.41) is 11.5. The molecule has 164 valence electrons. The van der Waals surface area contributed by atoms with Crippen molar-refractivity contribution in [1.29, 1.82) is 0 Å². The molecule has 3 heterocycles. The van der Waals surface area contributed by atoms with Gasteiger partial charge in [-0.2, -0.15) is 5.10 Å². The molecule has 0 aliphatic carbocycles. The van der Waals surface area contributed by atoms with Gasteiger partial charge in [-0.1, -0.05) is 13.8 Å². The Labute approximate surface area is 174 Å². The molecular formula is C19H35N7O2S. The van der Waals surface area contributed by atoms with Crippen LogP contribution in [0.1, 0.15) is 57.6 Å². The molecule has 0 radical (unpaired) electrons. The summed E-state index contributed by atoms with van der Waals surface area (Å²) in [5.74, 6) is 3.58. The Morgan fingerprint density at radius 2 is 2.00 bits per heavy atom. The number of rotatable bonds is 6. The summed E-state index contributed by atoms with van der Waals surface area (Å²) < 4.78 is 26.9. The Morgan fingerprint density at radius 3 is 2.62 bits per heavy atom. The number of hydrogen-bond acceptors (Lipinski definition) is 5. The summed E-state index contributed by atoms with van der Waals surface area (Å²) in [7, 11) is -3.08. The molecule has 0 aromatic carbocycles. The molecule has 2 aliphatic heterocycles. The maximum Gasteiger partial charge on any atom is 0.211 e. The number of sulfonamides is 1. The molecule has 9 nitrogen and oxygen atoms in total. The van der Waals surface area contributed by atoms with Gasteiger partial charge in [-0.25, -0.2) is 22.4 Å². The summed E-state index contributed by atoms with van der Waals surface area (Å²) in [6.07, 6.45) is 4.93. The molecule has 1 unspecified atom stereocenters. The molecule has 2 aliphatic rings. The molecule has 1 fully saturated rings. The lowest BCUT2D eigenvalue weighted by Gasteiger charge is -2.30. The number of aliphatic imine (C=N–C) groups is 1. The minimum absolute atomic E-state index is 0.272.